The normalized spacial score (nSPS) is 13.0. The third-order valence-corrected chi connectivity index (χ3v) is 5.81. The van der Waals surface area contributed by atoms with Gasteiger partial charge in [-0.05, 0) is 27.7 Å². The van der Waals surface area contributed by atoms with Crippen LogP contribution in [0.5, 0.6) is 0 Å². The average Bonchev–Trinajstić information content (AvgIpc) is 1.83. The van der Waals surface area contributed by atoms with Gasteiger partial charge in [-0.2, -0.15) is 0 Å². The summed E-state index contributed by atoms with van der Waals surface area (Å²) in [4.78, 5) is 0. The van der Waals surface area contributed by atoms with E-state index in [2.05, 4.69) is 0 Å². The zero-order valence-electron chi connectivity index (χ0n) is 8.10. The van der Waals surface area contributed by atoms with Gasteiger partial charge in [0.15, 0.2) is 0 Å². The summed E-state index contributed by atoms with van der Waals surface area (Å²) in [5.74, 6) is 0. The van der Waals surface area contributed by atoms with Gasteiger partial charge in [0.1, 0.15) is 0 Å². The van der Waals surface area contributed by atoms with Crippen LogP contribution in [0.4, 0.5) is 0 Å². The minimum atomic E-state index is -3.74. The molecule has 0 bridgehead atoms. The van der Waals surface area contributed by atoms with Crippen LogP contribution in [0, 0.1) is 0 Å². The molecule has 0 aromatic rings. The van der Waals surface area contributed by atoms with E-state index < -0.39 is 30.5 Å². The van der Waals surface area contributed by atoms with E-state index in [0.29, 0.717) is 0 Å². The third-order valence-electron chi connectivity index (χ3n) is 1.47. The van der Waals surface area contributed by atoms with Crippen molar-refractivity contribution in [1.29, 1.82) is 0 Å². The molecule has 0 rings (SSSR count). The second-order valence-electron chi connectivity index (χ2n) is 3.27. The van der Waals surface area contributed by atoms with Crippen LogP contribution in [0.15, 0.2) is 0 Å². The molecule has 0 fully saturated rings. The summed E-state index contributed by atoms with van der Waals surface area (Å²) in [6, 6.07) is 0. The highest BCUT2D eigenvalue weighted by Crippen LogP contribution is 2.03. The fraction of sp³-hybridized carbons (Fsp3) is 1.00. The molecule has 0 unspecified atom stereocenters. The maximum Gasteiger partial charge on any atom is 0.226 e. The standard InChI is InChI=1S/C6H15NO4S2.CH4/c1-5(2)12(8,9)7-13(10,11)6(3)4;/h5-7H,1-4H3;1H4. The Labute approximate surface area is 87.0 Å². The van der Waals surface area contributed by atoms with Crippen LogP contribution < -0.4 is 4.13 Å². The molecule has 0 amide bonds. The minimum absolute atomic E-state index is 0. The van der Waals surface area contributed by atoms with E-state index in [1.807, 2.05) is 0 Å². The molecule has 0 aromatic heterocycles. The zero-order valence-corrected chi connectivity index (χ0v) is 9.74. The lowest BCUT2D eigenvalue weighted by Crippen LogP contribution is -2.39. The Bertz CT molecular complexity index is 317. The second kappa shape index (κ2) is 5.09. The Morgan fingerprint density at radius 3 is 1.14 bits per heavy atom. The largest absolute Gasteiger partial charge is 0.226 e. The maximum absolute atomic E-state index is 11.2. The fourth-order valence-corrected chi connectivity index (χ4v) is 3.19. The summed E-state index contributed by atoms with van der Waals surface area (Å²) in [5.41, 5.74) is 0. The Kier molecular flexibility index (Phi) is 5.92. The molecule has 0 spiro atoms. The molecular weight excluding hydrogens is 226 g/mol. The van der Waals surface area contributed by atoms with Crippen molar-refractivity contribution in [1.82, 2.24) is 4.13 Å². The predicted molar refractivity (Wildman–Crippen MR) is 58.0 cm³/mol. The van der Waals surface area contributed by atoms with Crippen LogP contribution in [0.25, 0.3) is 0 Å². The quantitative estimate of drug-likeness (QED) is 0.790. The van der Waals surface area contributed by atoms with Crippen LogP contribution in [0.1, 0.15) is 35.1 Å². The molecule has 14 heavy (non-hydrogen) atoms. The van der Waals surface area contributed by atoms with Crippen molar-refractivity contribution >= 4 is 20.0 Å². The summed E-state index contributed by atoms with van der Waals surface area (Å²) in [7, 11) is -7.48. The molecule has 0 aromatic carbocycles. The van der Waals surface area contributed by atoms with Crippen molar-refractivity contribution in [2.75, 3.05) is 0 Å². The van der Waals surface area contributed by atoms with Gasteiger partial charge in [0.05, 0.1) is 10.5 Å². The highest BCUT2D eigenvalue weighted by atomic mass is 32.3. The maximum atomic E-state index is 11.2. The first-order valence-corrected chi connectivity index (χ1v) is 6.95. The lowest BCUT2D eigenvalue weighted by Gasteiger charge is -2.11. The number of hydrogen-bond donors (Lipinski definition) is 1. The van der Waals surface area contributed by atoms with E-state index in [9.17, 15) is 16.8 Å². The first kappa shape index (κ1) is 16.3. The van der Waals surface area contributed by atoms with Crippen molar-refractivity contribution in [3.63, 3.8) is 0 Å². The highest BCUT2D eigenvalue weighted by molar-refractivity contribution is 8.05. The van der Waals surface area contributed by atoms with Crippen LogP contribution in [0.3, 0.4) is 0 Å². The molecule has 0 saturated carbocycles. The minimum Gasteiger partial charge on any atom is -0.211 e. The molecule has 0 aliphatic heterocycles. The van der Waals surface area contributed by atoms with Gasteiger partial charge in [0.2, 0.25) is 20.0 Å². The first-order chi connectivity index (χ1) is 5.59. The summed E-state index contributed by atoms with van der Waals surface area (Å²) in [6.45, 7) is 5.66. The van der Waals surface area contributed by atoms with Crippen LogP contribution in [-0.4, -0.2) is 27.3 Å². The van der Waals surface area contributed by atoms with Gasteiger partial charge in [-0.15, -0.1) is 4.13 Å². The van der Waals surface area contributed by atoms with E-state index >= 15 is 0 Å². The Hall–Kier alpha value is -0.140. The molecule has 0 heterocycles. The Morgan fingerprint density at radius 1 is 0.786 bits per heavy atom. The van der Waals surface area contributed by atoms with Crippen molar-refractivity contribution in [3.8, 4) is 0 Å². The lowest BCUT2D eigenvalue weighted by atomic mass is 10.6. The topological polar surface area (TPSA) is 80.3 Å². The first-order valence-electron chi connectivity index (χ1n) is 3.86. The molecule has 1 N–H and O–H groups in total. The summed E-state index contributed by atoms with van der Waals surface area (Å²) < 4.78 is 46.3. The molecular formula is C7H19NO4S2. The van der Waals surface area contributed by atoms with Gasteiger partial charge in [0, 0.05) is 0 Å². The average molecular weight is 245 g/mol. The van der Waals surface area contributed by atoms with E-state index in [-0.39, 0.29) is 7.43 Å². The van der Waals surface area contributed by atoms with E-state index in [0.717, 1.165) is 0 Å². The summed E-state index contributed by atoms with van der Waals surface area (Å²) in [5, 5.41) is -1.50. The molecule has 0 atom stereocenters. The smallest absolute Gasteiger partial charge is 0.211 e. The summed E-state index contributed by atoms with van der Waals surface area (Å²) >= 11 is 0. The zero-order chi connectivity index (χ0) is 10.9. The highest BCUT2D eigenvalue weighted by Gasteiger charge is 2.25. The Balaban J connectivity index is 0. The molecule has 0 aliphatic carbocycles. The van der Waals surface area contributed by atoms with E-state index in [1.165, 1.54) is 27.7 Å². The van der Waals surface area contributed by atoms with Crippen LogP contribution in [0.2, 0.25) is 0 Å². The van der Waals surface area contributed by atoms with Gasteiger partial charge < -0.3 is 0 Å². The van der Waals surface area contributed by atoms with E-state index in [1.54, 1.807) is 4.13 Å². The molecule has 7 heteroatoms. The van der Waals surface area contributed by atoms with Crippen molar-refractivity contribution in [3.05, 3.63) is 0 Å². The SMILES string of the molecule is C.CC(C)S(=O)(=O)NS(=O)(=O)C(C)C. The van der Waals surface area contributed by atoms with Crippen LogP contribution >= 0.6 is 0 Å². The molecule has 0 aliphatic rings. The van der Waals surface area contributed by atoms with Crippen molar-refractivity contribution < 1.29 is 16.8 Å². The van der Waals surface area contributed by atoms with Gasteiger partial charge in [0.25, 0.3) is 0 Å². The number of rotatable bonds is 4. The van der Waals surface area contributed by atoms with Gasteiger partial charge in [-0.25, -0.2) is 16.8 Å². The van der Waals surface area contributed by atoms with Crippen molar-refractivity contribution in [2.24, 2.45) is 0 Å². The monoisotopic (exact) mass is 245 g/mol. The predicted octanol–water partition coefficient (Wildman–Crippen LogP) is 0.688. The Morgan fingerprint density at radius 2 is 1.00 bits per heavy atom. The van der Waals surface area contributed by atoms with Gasteiger partial charge >= 0.3 is 0 Å². The third kappa shape index (κ3) is 4.39. The number of sulfonamides is 2. The second-order valence-corrected chi connectivity index (χ2v) is 8.00. The van der Waals surface area contributed by atoms with Crippen molar-refractivity contribution in [2.45, 2.75) is 45.6 Å². The molecule has 0 saturated heterocycles. The van der Waals surface area contributed by atoms with Gasteiger partial charge in [-0.1, -0.05) is 7.43 Å². The molecule has 88 valence electrons. The van der Waals surface area contributed by atoms with Gasteiger partial charge in [-0.3, -0.25) is 0 Å². The number of hydrogen-bond acceptors (Lipinski definition) is 4. The summed E-state index contributed by atoms with van der Waals surface area (Å²) in [6.07, 6.45) is 0. The van der Waals surface area contributed by atoms with Crippen LogP contribution in [-0.2, 0) is 20.0 Å². The lowest BCUT2D eigenvalue weighted by molar-refractivity contribution is 0.567. The molecule has 5 nitrogen and oxygen atoms in total. The fourth-order valence-electron chi connectivity index (χ4n) is 0.354. The van der Waals surface area contributed by atoms with E-state index in [4.69, 9.17) is 0 Å². The molecule has 0 radical (unpaired) electrons. The number of nitrogens with one attached hydrogen (secondary N) is 1.